The predicted octanol–water partition coefficient (Wildman–Crippen LogP) is 10.3. The van der Waals surface area contributed by atoms with Gasteiger partial charge in [-0.3, -0.25) is 4.98 Å². The molecular formula is C40H57FN4. The first-order valence-corrected chi connectivity index (χ1v) is 16.9. The molecule has 5 rings (SSSR count). The molecule has 2 fully saturated rings. The van der Waals surface area contributed by atoms with E-state index < -0.39 is 0 Å². The van der Waals surface area contributed by atoms with Gasteiger partial charge in [-0.25, -0.2) is 4.39 Å². The van der Waals surface area contributed by atoms with Gasteiger partial charge in [0.2, 0.25) is 0 Å². The fraction of sp³-hybridized carbons (Fsp3) is 0.425. The van der Waals surface area contributed by atoms with E-state index in [0.29, 0.717) is 0 Å². The van der Waals surface area contributed by atoms with Crippen LogP contribution in [0.3, 0.4) is 0 Å². The van der Waals surface area contributed by atoms with Crippen LogP contribution in [0.2, 0.25) is 0 Å². The molecule has 0 bridgehead atoms. The fourth-order valence-electron chi connectivity index (χ4n) is 5.43. The van der Waals surface area contributed by atoms with E-state index in [0.717, 1.165) is 54.9 Å². The standard InChI is InChI=1S/C29H36FN3.C7H9N.2C2H6/c1-20(17-24-10-12-27(30)13-11-24)22(3)23(4)33-16-14-26(18-21(33)2)29(25-7-5-8-25)32-15-6-9-28(31)19-32;1-2-7-4-3-5-8-6-7;2*1-2/h10-14,16-18,28H,2,5-9,15,19,31H2,1,3-4H3;3-6H,2H2,1H3;2*1-2H3/b20-17+,23-22+;;;. The highest BCUT2D eigenvalue weighted by Gasteiger charge is 2.27. The Morgan fingerprint density at radius 3 is 2.24 bits per heavy atom. The lowest BCUT2D eigenvalue weighted by molar-refractivity contribution is 0.258. The third-order valence-corrected chi connectivity index (χ3v) is 8.25. The van der Waals surface area contributed by atoms with Crippen LogP contribution in [-0.4, -0.2) is 33.9 Å². The minimum Gasteiger partial charge on any atom is -0.370 e. The summed E-state index contributed by atoms with van der Waals surface area (Å²) < 4.78 is 13.2. The number of benzene rings is 1. The first-order valence-electron chi connectivity index (χ1n) is 16.9. The maximum Gasteiger partial charge on any atom is 0.123 e. The van der Waals surface area contributed by atoms with E-state index in [9.17, 15) is 4.39 Å². The molecule has 0 spiro atoms. The van der Waals surface area contributed by atoms with Gasteiger partial charge < -0.3 is 15.5 Å². The lowest BCUT2D eigenvalue weighted by Crippen LogP contribution is -2.43. The van der Waals surface area contributed by atoms with Crippen LogP contribution in [0, 0.1) is 5.82 Å². The van der Waals surface area contributed by atoms with Gasteiger partial charge in [0, 0.05) is 60.4 Å². The van der Waals surface area contributed by atoms with Crippen molar-refractivity contribution in [1.82, 2.24) is 14.8 Å². The molecule has 0 amide bonds. The molecule has 3 aliphatic rings. The maximum absolute atomic E-state index is 13.2. The van der Waals surface area contributed by atoms with Crippen LogP contribution in [0.1, 0.15) is 98.6 Å². The summed E-state index contributed by atoms with van der Waals surface area (Å²) in [5.74, 6) is -0.214. The molecule has 1 atom stereocenters. The summed E-state index contributed by atoms with van der Waals surface area (Å²) in [5, 5.41) is 0. The number of nitrogens with zero attached hydrogens (tertiary/aromatic N) is 3. The average molecular weight is 613 g/mol. The van der Waals surface area contributed by atoms with Crippen LogP contribution in [-0.2, 0) is 6.42 Å². The van der Waals surface area contributed by atoms with Crippen molar-refractivity contribution in [3.05, 3.63) is 130 Å². The zero-order valence-electron chi connectivity index (χ0n) is 29.2. The molecule has 45 heavy (non-hydrogen) atoms. The SMILES string of the molecule is C=C1C=C(C(=C2CCC2)N2CCCC(N)C2)C=CN1/C(C)=C(C)/C(C)=C/c1ccc(F)cc1.CC.CC.CCc1cccnc1. The largest absolute Gasteiger partial charge is 0.370 e. The topological polar surface area (TPSA) is 45.4 Å². The van der Waals surface area contributed by atoms with E-state index in [1.807, 2.05) is 40.0 Å². The molecular weight excluding hydrogens is 555 g/mol. The summed E-state index contributed by atoms with van der Waals surface area (Å²) in [6, 6.07) is 10.9. The predicted molar refractivity (Wildman–Crippen MR) is 193 cm³/mol. The monoisotopic (exact) mass is 612 g/mol. The smallest absolute Gasteiger partial charge is 0.123 e. The fourth-order valence-corrected chi connectivity index (χ4v) is 5.43. The van der Waals surface area contributed by atoms with E-state index in [1.54, 1.807) is 23.9 Å². The molecule has 244 valence electrons. The van der Waals surface area contributed by atoms with Crippen molar-refractivity contribution in [3.63, 3.8) is 0 Å². The Bertz CT molecular complexity index is 1360. The summed E-state index contributed by atoms with van der Waals surface area (Å²) in [6.07, 6.45) is 19.4. The molecule has 1 saturated carbocycles. The second-order valence-electron chi connectivity index (χ2n) is 11.2. The number of aromatic nitrogens is 1. The lowest BCUT2D eigenvalue weighted by Gasteiger charge is -2.39. The number of pyridine rings is 1. The van der Waals surface area contributed by atoms with E-state index in [2.05, 4.69) is 79.6 Å². The van der Waals surface area contributed by atoms with Gasteiger partial charge in [-0.1, -0.05) is 65.5 Å². The third-order valence-electron chi connectivity index (χ3n) is 8.25. The number of piperidine rings is 1. The van der Waals surface area contributed by atoms with Crippen molar-refractivity contribution in [2.75, 3.05) is 13.1 Å². The van der Waals surface area contributed by atoms with Gasteiger partial charge in [-0.2, -0.15) is 0 Å². The highest BCUT2D eigenvalue weighted by molar-refractivity contribution is 5.58. The van der Waals surface area contributed by atoms with Crippen molar-refractivity contribution in [2.45, 2.75) is 100.0 Å². The third kappa shape index (κ3) is 11.0. The minimum absolute atomic E-state index is 0.214. The molecule has 1 unspecified atom stereocenters. The van der Waals surface area contributed by atoms with Crippen LogP contribution in [0.5, 0.6) is 0 Å². The zero-order valence-corrected chi connectivity index (χ0v) is 29.2. The van der Waals surface area contributed by atoms with Gasteiger partial charge in [0.25, 0.3) is 0 Å². The molecule has 1 aromatic heterocycles. The van der Waals surface area contributed by atoms with Gasteiger partial charge in [0.05, 0.1) is 0 Å². The number of hydrogen-bond acceptors (Lipinski definition) is 4. The number of aryl methyl sites for hydroxylation is 1. The Morgan fingerprint density at radius 2 is 1.73 bits per heavy atom. The molecule has 1 aliphatic carbocycles. The van der Waals surface area contributed by atoms with E-state index >= 15 is 0 Å². The number of likely N-dealkylation sites (tertiary alicyclic amines) is 1. The number of nitrogens with two attached hydrogens (primary N) is 1. The zero-order chi connectivity index (χ0) is 33.4. The average Bonchev–Trinajstić information content (AvgIpc) is 3.05. The number of allylic oxidation sites excluding steroid dienone is 6. The normalized spacial score (nSPS) is 18.1. The second kappa shape index (κ2) is 19.6. The molecule has 4 nitrogen and oxygen atoms in total. The number of hydrogen-bond donors (Lipinski definition) is 1. The Hall–Kier alpha value is -3.70. The van der Waals surface area contributed by atoms with Gasteiger partial charge in [-0.05, 0) is 117 Å². The molecule has 2 N–H and O–H groups in total. The summed E-state index contributed by atoms with van der Waals surface area (Å²) in [4.78, 5) is 8.62. The van der Waals surface area contributed by atoms with E-state index in [4.69, 9.17) is 5.73 Å². The molecule has 2 aliphatic heterocycles. The molecule has 5 heteroatoms. The summed E-state index contributed by atoms with van der Waals surface area (Å²) >= 11 is 0. The van der Waals surface area contributed by atoms with Crippen molar-refractivity contribution < 1.29 is 4.39 Å². The van der Waals surface area contributed by atoms with Crippen LogP contribution >= 0.6 is 0 Å². The molecule has 3 heterocycles. The Kier molecular flexibility index (Phi) is 16.4. The van der Waals surface area contributed by atoms with Crippen LogP contribution in [0.25, 0.3) is 6.08 Å². The molecule has 0 radical (unpaired) electrons. The van der Waals surface area contributed by atoms with Crippen LogP contribution < -0.4 is 5.73 Å². The highest BCUT2D eigenvalue weighted by Crippen LogP contribution is 2.37. The minimum atomic E-state index is -0.214. The number of rotatable bonds is 6. The first-order chi connectivity index (χ1) is 21.8. The van der Waals surface area contributed by atoms with Gasteiger partial charge in [0.1, 0.15) is 5.82 Å². The van der Waals surface area contributed by atoms with Gasteiger partial charge in [0.15, 0.2) is 0 Å². The van der Waals surface area contributed by atoms with Gasteiger partial charge >= 0.3 is 0 Å². The van der Waals surface area contributed by atoms with Crippen LogP contribution in [0.15, 0.2) is 113 Å². The Labute approximate surface area is 273 Å². The van der Waals surface area contributed by atoms with E-state index in [-0.39, 0.29) is 11.9 Å². The molecule has 2 aromatic rings. The van der Waals surface area contributed by atoms with Crippen molar-refractivity contribution in [1.29, 1.82) is 0 Å². The maximum atomic E-state index is 13.2. The first kappa shape index (κ1) is 37.5. The summed E-state index contributed by atoms with van der Waals surface area (Å²) in [6.45, 7) is 22.9. The van der Waals surface area contributed by atoms with Crippen molar-refractivity contribution in [2.24, 2.45) is 5.73 Å². The summed E-state index contributed by atoms with van der Waals surface area (Å²) in [5.41, 5.74) is 17.2. The molecule has 1 aromatic carbocycles. The number of halogens is 1. The van der Waals surface area contributed by atoms with Crippen molar-refractivity contribution in [3.8, 4) is 0 Å². The van der Waals surface area contributed by atoms with Gasteiger partial charge in [-0.15, -0.1) is 0 Å². The van der Waals surface area contributed by atoms with Crippen LogP contribution in [0.4, 0.5) is 4.39 Å². The lowest BCUT2D eigenvalue weighted by atomic mass is 9.86. The second-order valence-corrected chi connectivity index (χ2v) is 11.2. The Morgan fingerprint density at radius 1 is 1.04 bits per heavy atom. The highest BCUT2D eigenvalue weighted by atomic mass is 19.1. The van der Waals surface area contributed by atoms with Crippen molar-refractivity contribution >= 4 is 6.08 Å². The molecule has 1 saturated heterocycles. The quantitative estimate of drug-likeness (QED) is 0.330. The van der Waals surface area contributed by atoms with E-state index in [1.165, 1.54) is 53.8 Å². The summed E-state index contributed by atoms with van der Waals surface area (Å²) in [7, 11) is 0. The Balaban J connectivity index is 0.000000500.